The fourth-order valence-electron chi connectivity index (χ4n) is 12.9. The molecular formula is C62H41N. The van der Waals surface area contributed by atoms with E-state index in [-0.39, 0.29) is 10.8 Å². The second kappa shape index (κ2) is 12.9. The van der Waals surface area contributed by atoms with Crippen LogP contribution in [0.1, 0.15) is 33.4 Å². The number of nitrogens with zero attached hydrogens (tertiary/aromatic N) is 1. The van der Waals surface area contributed by atoms with Crippen LogP contribution in [0.25, 0.3) is 65.3 Å². The molecule has 0 N–H and O–H groups in total. The van der Waals surface area contributed by atoms with Gasteiger partial charge < -0.3 is 4.90 Å². The monoisotopic (exact) mass is 799 g/mol. The van der Waals surface area contributed by atoms with E-state index in [1.54, 1.807) is 0 Å². The Morgan fingerprint density at radius 1 is 0.286 bits per heavy atom. The third kappa shape index (κ3) is 4.51. The molecule has 0 radical (unpaired) electrons. The summed E-state index contributed by atoms with van der Waals surface area (Å²) in [5.41, 5.74) is 16.7. The molecule has 0 heterocycles. The van der Waals surface area contributed by atoms with Crippen LogP contribution < -0.4 is 4.90 Å². The Morgan fingerprint density at radius 3 is 1.40 bits per heavy atom. The summed E-state index contributed by atoms with van der Waals surface area (Å²) in [6, 6.07) is 85.1. The van der Waals surface area contributed by atoms with E-state index < -0.39 is 0 Å². The number of hydrogen-bond donors (Lipinski definition) is 0. The quantitative estimate of drug-likeness (QED) is 0.161. The second-order valence-electron chi connectivity index (χ2n) is 17.9. The lowest BCUT2D eigenvalue weighted by Crippen LogP contribution is -2.55. The van der Waals surface area contributed by atoms with Crippen molar-refractivity contribution in [3.05, 3.63) is 258 Å². The van der Waals surface area contributed by atoms with Crippen LogP contribution in [0.15, 0.2) is 224 Å². The van der Waals surface area contributed by atoms with Gasteiger partial charge in [0.1, 0.15) is 0 Å². The maximum Gasteiger partial charge on any atom is 0.0540 e. The van der Waals surface area contributed by atoms with Gasteiger partial charge in [-0.2, -0.15) is 0 Å². The first-order chi connectivity index (χ1) is 31.2. The summed E-state index contributed by atoms with van der Waals surface area (Å²) in [6.07, 6.45) is 1.82. The molecule has 1 nitrogen and oxygen atoms in total. The van der Waals surface area contributed by atoms with E-state index in [0.717, 1.165) is 24.2 Å². The first kappa shape index (κ1) is 34.9. The van der Waals surface area contributed by atoms with Gasteiger partial charge in [-0.3, -0.25) is 0 Å². The molecule has 63 heavy (non-hydrogen) atoms. The number of fused-ring (bicyclic) bond motifs is 17. The van der Waals surface area contributed by atoms with E-state index in [2.05, 4.69) is 229 Å². The SMILES string of the molecule is c1ccc(N(c2ccc3c4ccccc4c4ccccc4c3c2)c2ccc3c4c(cccc24)CC32c3ccccc3-c3ccccc3C23Cc2ccccc2-c2ccccc23)cc1. The summed E-state index contributed by atoms with van der Waals surface area (Å²) in [7, 11) is 0. The van der Waals surface area contributed by atoms with E-state index in [1.807, 2.05) is 0 Å². The van der Waals surface area contributed by atoms with Gasteiger partial charge >= 0.3 is 0 Å². The molecule has 3 aliphatic rings. The zero-order chi connectivity index (χ0) is 41.3. The van der Waals surface area contributed by atoms with Crippen molar-refractivity contribution < 1.29 is 0 Å². The minimum Gasteiger partial charge on any atom is -0.310 e. The van der Waals surface area contributed by atoms with Crippen LogP contribution in [-0.4, -0.2) is 0 Å². The lowest BCUT2D eigenvalue weighted by molar-refractivity contribution is 0.303. The van der Waals surface area contributed by atoms with Gasteiger partial charge in [0.2, 0.25) is 0 Å². The van der Waals surface area contributed by atoms with E-state index in [0.29, 0.717) is 0 Å². The molecule has 14 rings (SSSR count). The van der Waals surface area contributed by atoms with Gasteiger partial charge in [-0.15, -0.1) is 0 Å². The molecule has 11 aromatic carbocycles. The van der Waals surface area contributed by atoms with Crippen molar-refractivity contribution in [3.8, 4) is 22.3 Å². The number of benzene rings is 11. The molecule has 0 saturated heterocycles. The summed E-state index contributed by atoms with van der Waals surface area (Å²) < 4.78 is 0. The fourth-order valence-corrected chi connectivity index (χ4v) is 12.9. The van der Waals surface area contributed by atoms with Gasteiger partial charge in [-0.1, -0.05) is 194 Å². The molecular weight excluding hydrogens is 759 g/mol. The Labute approximate surface area is 367 Å². The Hall–Kier alpha value is -7.74. The molecule has 0 aliphatic heterocycles. The summed E-state index contributed by atoms with van der Waals surface area (Å²) >= 11 is 0. The third-order valence-corrected chi connectivity index (χ3v) is 15.2. The van der Waals surface area contributed by atoms with Crippen LogP contribution in [0, 0.1) is 0 Å². The smallest absolute Gasteiger partial charge is 0.0540 e. The van der Waals surface area contributed by atoms with Crippen LogP contribution in [-0.2, 0) is 23.7 Å². The molecule has 11 aromatic rings. The van der Waals surface area contributed by atoms with Crippen LogP contribution >= 0.6 is 0 Å². The van der Waals surface area contributed by atoms with E-state index in [4.69, 9.17) is 0 Å². The topological polar surface area (TPSA) is 3.24 Å². The molecule has 1 heteroatoms. The molecule has 2 unspecified atom stereocenters. The first-order valence-electron chi connectivity index (χ1n) is 22.4. The molecule has 0 saturated carbocycles. The highest BCUT2D eigenvalue weighted by molar-refractivity contribution is 6.26. The van der Waals surface area contributed by atoms with Gasteiger partial charge in [-0.05, 0) is 137 Å². The highest BCUT2D eigenvalue weighted by atomic mass is 15.1. The maximum absolute atomic E-state index is 2.53. The lowest BCUT2D eigenvalue weighted by Gasteiger charge is -2.57. The van der Waals surface area contributed by atoms with E-state index in [1.165, 1.54) is 104 Å². The highest BCUT2D eigenvalue weighted by Gasteiger charge is 2.63. The van der Waals surface area contributed by atoms with Crippen molar-refractivity contribution in [3.63, 3.8) is 0 Å². The Kier molecular flexibility index (Phi) is 7.15. The lowest BCUT2D eigenvalue weighted by atomic mass is 9.44. The summed E-state index contributed by atoms with van der Waals surface area (Å²) in [6.45, 7) is 0. The zero-order valence-corrected chi connectivity index (χ0v) is 34.7. The molecule has 0 fully saturated rings. The molecule has 3 aliphatic carbocycles. The minimum atomic E-state index is -0.386. The number of hydrogen-bond acceptors (Lipinski definition) is 1. The minimum absolute atomic E-state index is 0.377. The number of rotatable bonds is 3. The van der Waals surface area contributed by atoms with Gasteiger partial charge in [-0.25, -0.2) is 0 Å². The van der Waals surface area contributed by atoms with Crippen LogP contribution in [0.5, 0.6) is 0 Å². The van der Waals surface area contributed by atoms with Gasteiger partial charge in [0, 0.05) is 27.6 Å². The average molecular weight is 800 g/mol. The predicted molar refractivity (Wildman–Crippen MR) is 264 cm³/mol. The number of anilines is 3. The third-order valence-electron chi connectivity index (χ3n) is 15.2. The molecule has 2 spiro atoms. The fraction of sp³-hybridized carbons (Fsp3) is 0.0645. The molecule has 0 aromatic heterocycles. The largest absolute Gasteiger partial charge is 0.310 e. The van der Waals surface area contributed by atoms with Gasteiger partial charge in [0.15, 0.2) is 0 Å². The zero-order valence-electron chi connectivity index (χ0n) is 34.7. The second-order valence-corrected chi connectivity index (χ2v) is 17.9. The van der Waals surface area contributed by atoms with E-state index >= 15 is 0 Å². The van der Waals surface area contributed by atoms with Crippen LogP contribution in [0.3, 0.4) is 0 Å². The summed E-state index contributed by atoms with van der Waals surface area (Å²) in [4.78, 5) is 2.50. The first-order valence-corrected chi connectivity index (χ1v) is 22.4. The van der Waals surface area contributed by atoms with Crippen molar-refractivity contribution >= 4 is 60.2 Å². The summed E-state index contributed by atoms with van der Waals surface area (Å²) in [5.74, 6) is 0. The molecule has 294 valence electrons. The van der Waals surface area contributed by atoms with Gasteiger partial charge in [0.25, 0.3) is 0 Å². The average Bonchev–Trinajstić information content (AvgIpc) is 3.70. The Morgan fingerprint density at radius 2 is 0.746 bits per heavy atom. The van der Waals surface area contributed by atoms with Crippen molar-refractivity contribution in [1.29, 1.82) is 0 Å². The summed E-state index contributed by atoms with van der Waals surface area (Å²) in [5, 5.41) is 10.4. The van der Waals surface area contributed by atoms with Crippen molar-refractivity contribution in [1.82, 2.24) is 0 Å². The van der Waals surface area contributed by atoms with Crippen molar-refractivity contribution in [2.24, 2.45) is 0 Å². The normalized spacial score (nSPS) is 17.8. The standard InChI is InChI=1S/C62H41N/c1-2-19-42(20-3-1)63(43-33-34-49-47-24-7-6-22-45(47)46-23-8-9-25-48(46)54(49)37-43)59-36-35-58-60-41(18-16-29-53(59)60)39-62(58)57-32-15-12-28-52(57)51-27-11-14-31-56(51)61(62)38-40-17-4-5-21-44(40)50-26-10-13-30-55(50)61/h1-37H,38-39H2. The molecule has 0 bridgehead atoms. The predicted octanol–water partition coefficient (Wildman–Crippen LogP) is 15.8. The molecule has 0 amide bonds. The van der Waals surface area contributed by atoms with Crippen molar-refractivity contribution in [2.45, 2.75) is 23.7 Å². The van der Waals surface area contributed by atoms with E-state index in [9.17, 15) is 0 Å². The highest BCUT2D eigenvalue weighted by Crippen LogP contribution is 2.68. The number of para-hydroxylation sites is 1. The van der Waals surface area contributed by atoms with Gasteiger partial charge in [0.05, 0.1) is 5.69 Å². The van der Waals surface area contributed by atoms with Crippen LogP contribution in [0.4, 0.5) is 17.1 Å². The maximum atomic E-state index is 2.53. The molecule has 2 atom stereocenters. The Bertz CT molecular complexity index is 3630. The van der Waals surface area contributed by atoms with Crippen molar-refractivity contribution in [2.75, 3.05) is 4.90 Å². The van der Waals surface area contributed by atoms with Crippen LogP contribution in [0.2, 0.25) is 0 Å². The Balaban J connectivity index is 1.07.